The molecule has 0 saturated carbocycles. The quantitative estimate of drug-likeness (QED) is 0.0403. The van der Waals surface area contributed by atoms with Crippen molar-refractivity contribution < 1.29 is 97.2 Å². The lowest BCUT2D eigenvalue weighted by Crippen LogP contribution is -2.81. The maximum Gasteiger partial charge on any atom is 0.227 e. The standard InChI is InChI=1S/C24BF20.C16H19N2O/c26-5-1(6(27)14(35)21(42)13(5)34)25(2-7(28)15(36)22(43)16(37)8(2)29,3-9(30)17(38)23(44)18(39)10(3)31)4-11(32)19(40)24(45)20(41)12(4)33;1-16(2,3)15-12-18(10-9-17-15)11-14(19)13-7-5-4-6-8-13/h;4-10,12H,11H2,1-3H3/q-1;+1. The van der Waals surface area contributed by atoms with E-state index in [2.05, 4.69) is 25.8 Å². The molecule has 24 heteroatoms. The van der Waals surface area contributed by atoms with Gasteiger partial charge in [0.1, 0.15) is 58.4 Å². The summed E-state index contributed by atoms with van der Waals surface area (Å²) in [4.78, 5) is 16.5. The summed E-state index contributed by atoms with van der Waals surface area (Å²) in [5, 5.41) is 0. The highest BCUT2D eigenvalue weighted by molar-refractivity contribution is 7.20. The van der Waals surface area contributed by atoms with Crippen molar-refractivity contribution in [3.8, 4) is 0 Å². The van der Waals surface area contributed by atoms with E-state index in [0.717, 1.165) is 11.3 Å². The van der Waals surface area contributed by atoms with Gasteiger partial charge in [0.15, 0.2) is 82.2 Å². The Morgan fingerprint density at radius 1 is 0.453 bits per heavy atom. The van der Waals surface area contributed by atoms with E-state index >= 15 is 35.1 Å². The number of aromatic nitrogens is 2. The number of nitrogens with zero attached hydrogens (tertiary/aromatic N) is 2. The van der Waals surface area contributed by atoms with Crippen LogP contribution in [-0.4, -0.2) is 16.9 Å². The molecule has 0 saturated heterocycles. The predicted octanol–water partition coefficient (Wildman–Crippen LogP) is 8.40. The number of carbonyl (C=O) groups excluding carboxylic acids is 1. The fourth-order valence-electron chi connectivity index (χ4n) is 6.67. The Morgan fingerprint density at radius 3 is 0.984 bits per heavy atom. The lowest BCUT2D eigenvalue weighted by atomic mass is 9.12. The Bertz CT molecular complexity index is 2490. The van der Waals surface area contributed by atoms with Crippen LogP contribution in [-0.2, 0) is 12.0 Å². The summed E-state index contributed by atoms with van der Waals surface area (Å²) in [5.41, 5.74) is -12.6. The Kier molecular flexibility index (Phi) is 13.3. The number of rotatable bonds is 7. The summed E-state index contributed by atoms with van der Waals surface area (Å²) in [6.07, 6.45) is -1.69. The molecule has 5 aromatic carbocycles. The van der Waals surface area contributed by atoms with E-state index in [4.69, 9.17) is 0 Å². The van der Waals surface area contributed by atoms with E-state index in [-0.39, 0.29) is 11.2 Å². The van der Waals surface area contributed by atoms with Crippen LogP contribution in [0.4, 0.5) is 87.8 Å². The molecular weight excluding hydrogens is 915 g/mol. The van der Waals surface area contributed by atoms with E-state index in [9.17, 15) is 57.5 Å². The Labute approximate surface area is 345 Å². The van der Waals surface area contributed by atoms with Crippen molar-refractivity contribution in [1.82, 2.24) is 4.98 Å². The van der Waals surface area contributed by atoms with Crippen LogP contribution in [0.3, 0.4) is 0 Å². The van der Waals surface area contributed by atoms with Crippen LogP contribution in [0.5, 0.6) is 0 Å². The smallest absolute Gasteiger partial charge is 0.227 e. The highest BCUT2D eigenvalue weighted by Gasteiger charge is 2.52. The molecule has 0 aliphatic carbocycles. The summed E-state index contributed by atoms with van der Waals surface area (Å²) in [6.45, 7) is 6.67. The van der Waals surface area contributed by atoms with Crippen molar-refractivity contribution in [3.05, 3.63) is 177 Å². The molecule has 0 radical (unpaired) electrons. The molecule has 0 N–H and O–H groups in total. The van der Waals surface area contributed by atoms with E-state index in [1.54, 1.807) is 6.20 Å². The van der Waals surface area contributed by atoms with Crippen LogP contribution in [0.15, 0.2) is 48.9 Å². The second-order valence-electron chi connectivity index (χ2n) is 14.5. The molecule has 338 valence electrons. The topological polar surface area (TPSA) is 33.8 Å². The minimum absolute atomic E-state index is 0.0151. The van der Waals surface area contributed by atoms with Crippen molar-refractivity contribution >= 4 is 33.8 Å². The number of carbonyl (C=O) groups is 1. The first-order chi connectivity index (χ1) is 29.7. The van der Waals surface area contributed by atoms with E-state index in [1.165, 1.54) is 0 Å². The molecule has 0 fully saturated rings. The first-order valence-electron chi connectivity index (χ1n) is 17.3. The zero-order chi connectivity index (χ0) is 48.2. The fourth-order valence-corrected chi connectivity index (χ4v) is 6.67. The molecule has 0 unspecified atom stereocenters. The van der Waals surface area contributed by atoms with Crippen molar-refractivity contribution in [3.63, 3.8) is 0 Å². The molecule has 0 spiro atoms. The maximum atomic E-state index is 15.4. The molecular formula is C40H19BF20N2O. The molecule has 0 amide bonds. The molecule has 1 heterocycles. The van der Waals surface area contributed by atoms with Gasteiger partial charge in [0.05, 0.1) is 6.20 Å². The van der Waals surface area contributed by atoms with Gasteiger partial charge in [-0.05, 0) is 0 Å². The second kappa shape index (κ2) is 17.6. The fraction of sp³-hybridized carbons (Fsp3) is 0.125. The van der Waals surface area contributed by atoms with Crippen molar-refractivity contribution in [1.29, 1.82) is 0 Å². The van der Waals surface area contributed by atoms with Crippen LogP contribution < -0.4 is 26.4 Å². The van der Waals surface area contributed by atoms with Gasteiger partial charge in [-0.2, -0.15) is 4.57 Å². The first kappa shape index (κ1) is 48.5. The number of Topliss-reactive ketones (excluding diaryl/α,β-unsaturated/α-hetero) is 1. The molecule has 0 bridgehead atoms. The largest absolute Gasteiger partial charge is 0.287 e. The summed E-state index contributed by atoms with van der Waals surface area (Å²) in [5.74, 6) is -71.3. The van der Waals surface area contributed by atoms with Gasteiger partial charge in [0.25, 0.3) is 0 Å². The Morgan fingerprint density at radius 2 is 0.719 bits per heavy atom. The minimum Gasteiger partial charge on any atom is -0.287 e. The van der Waals surface area contributed by atoms with Gasteiger partial charge < -0.3 is 0 Å². The van der Waals surface area contributed by atoms with E-state index < -0.39 is 144 Å². The van der Waals surface area contributed by atoms with Gasteiger partial charge in [-0.3, -0.25) is 4.79 Å². The van der Waals surface area contributed by atoms with Gasteiger partial charge >= 0.3 is 0 Å². The monoisotopic (exact) mass is 934 g/mol. The Hall–Kier alpha value is -6.49. The third kappa shape index (κ3) is 7.79. The van der Waals surface area contributed by atoms with Gasteiger partial charge in [-0.1, -0.05) is 51.1 Å². The molecule has 3 nitrogen and oxygen atoms in total. The highest BCUT2D eigenvalue weighted by Crippen LogP contribution is 2.31. The zero-order valence-electron chi connectivity index (χ0n) is 31.8. The van der Waals surface area contributed by atoms with Crippen LogP contribution in [0.1, 0.15) is 36.8 Å². The van der Waals surface area contributed by atoms with Crippen LogP contribution >= 0.6 is 0 Å². The first-order valence-corrected chi connectivity index (χ1v) is 17.3. The number of halogens is 20. The van der Waals surface area contributed by atoms with Gasteiger partial charge in [0, 0.05) is 11.0 Å². The number of hydrogen-bond donors (Lipinski definition) is 0. The van der Waals surface area contributed by atoms with Gasteiger partial charge in [-0.25, -0.2) is 92.8 Å². The molecule has 6 rings (SSSR count). The van der Waals surface area contributed by atoms with Crippen LogP contribution in [0, 0.1) is 116 Å². The molecule has 64 heavy (non-hydrogen) atoms. The Balaban J connectivity index is 0.000000337. The molecule has 1 aromatic heterocycles. The summed E-state index contributed by atoms with van der Waals surface area (Å²) in [6, 6.07) is 9.35. The third-order valence-corrected chi connectivity index (χ3v) is 9.66. The lowest BCUT2D eigenvalue weighted by molar-refractivity contribution is -0.684. The molecule has 0 atom stereocenters. The van der Waals surface area contributed by atoms with Crippen LogP contribution in [0.25, 0.3) is 0 Å². The summed E-state index contributed by atoms with van der Waals surface area (Å²) in [7, 11) is 0. The number of hydrogen-bond acceptors (Lipinski definition) is 2. The number of ketones is 1. The highest BCUT2D eigenvalue weighted by atomic mass is 19.2. The number of benzene rings is 5. The van der Waals surface area contributed by atoms with Crippen molar-refractivity contribution in [2.45, 2.75) is 32.7 Å². The minimum atomic E-state index is -7.22. The normalized spacial score (nSPS) is 11.8. The summed E-state index contributed by atoms with van der Waals surface area (Å²) < 4.78 is 296. The molecule has 0 aliphatic rings. The maximum absolute atomic E-state index is 15.4. The van der Waals surface area contributed by atoms with Crippen molar-refractivity contribution in [2.24, 2.45) is 0 Å². The zero-order valence-corrected chi connectivity index (χ0v) is 31.8. The van der Waals surface area contributed by atoms with E-state index in [0.29, 0.717) is 6.54 Å². The lowest BCUT2D eigenvalue weighted by Gasteiger charge is -2.44. The van der Waals surface area contributed by atoms with Crippen LogP contribution in [0.2, 0.25) is 0 Å². The SMILES string of the molecule is CC(C)(C)c1c[n+](CC(=O)c2ccccc2)ccn1.Fc1c(F)c(F)c([B-](c2c(F)c(F)c(F)c(F)c2F)(c2c(F)c(F)c(F)c(F)c2F)c2c(F)c(F)c(F)c(F)c2F)c(F)c1F. The average molecular weight is 934 g/mol. The van der Waals surface area contributed by atoms with Gasteiger partial charge in [0.2, 0.25) is 12.3 Å². The predicted molar refractivity (Wildman–Crippen MR) is 183 cm³/mol. The molecule has 0 aliphatic heterocycles. The van der Waals surface area contributed by atoms with Crippen molar-refractivity contribution in [2.75, 3.05) is 0 Å². The summed E-state index contributed by atoms with van der Waals surface area (Å²) >= 11 is 0. The third-order valence-electron chi connectivity index (χ3n) is 9.66. The second-order valence-corrected chi connectivity index (χ2v) is 14.5. The van der Waals surface area contributed by atoms with E-state index in [1.807, 2.05) is 47.3 Å². The van der Waals surface area contributed by atoms with Gasteiger partial charge in [-0.15, -0.1) is 21.9 Å². The molecule has 6 aromatic rings. The average Bonchev–Trinajstić information content (AvgIpc) is 3.26.